The highest BCUT2D eigenvalue weighted by Gasteiger charge is 2.68. The molecule has 156 valence electrons. The summed E-state index contributed by atoms with van der Waals surface area (Å²) in [6.07, 6.45) is -3.40. The summed E-state index contributed by atoms with van der Waals surface area (Å²) in [5.41, 5.74) is -0.195. The zero-order valence-electron chi connectivity index (χ0n) is 15.8. The zero-order valence-corrected chi connectivity index (χ0v) is 15.8. The molecule has 1 saturated carbocycles. The maximum absolute atomic E-state index is 13.2. The van der Waals surface area contributed by atoms with Gasteiger partial charge in [0.2, 0.25) is 11.8 Å². The van der Waals surface area contributed by atoms with E-state index in [4.69, 9.17) is 4.74 Å². The molecule has 1 amide bonds. The predicted molar refractivity (Wildman–Crippen MR) is 100 cm³/mol. The molecule has 8 nitrogen and oxygen atoms in total. The number of aromatic amines is 1. The number of carbonyl (C=O) groups excluding carboxylic acids is 1. The Hall–Kier alpha value is -3.50. The fraction of sp³-hybridized carbons (Fsp3) is 0.316. The number of aromatic nitrogens is 5. The van der Waals surface area contributed by atoms with Gasteiger partial charge in [-0.05, 0) is 54.0 Å². The van der Waals surface area contributed by atoms with Crippen LogP contribution < -0.4 is 10.1 Å². The average Bonchev–Trinajstić information content (AvgIpc) is 3.38. The molecule has 0 bridgehead atoms. The molecule has 1 aliphatic rings. The van der Waals surface area contributed by atoms with Crippen molar-refractivity contribution in [1.82, 2.24) is 25.6 Å². The van der Waals surface area contributed by atoms with Crippen molar-refractivity contribution in [1.29, 1.82) is 0 Å². The number of ether oxygens (including phenoxy) is 1. The number of pyridine rings is 1. The van der Waals surface area contributed by atoms with E-state index in [1.54, 1.807) is 24.4 Å². The van der Waals surface area contributed by atoms with E-state index in [1.165, 1.54) is 12.1 Å². The first-order valence-electron chi connectivity index (χ1n) is 9.19. The standard InChI is InChI=1S/C19H17F3N6O2/c1-2-30-15-6-3-11(10-23-15)13-5-4-12(9-14(13)16-25-27-28-26-16)24-17(29)18(7-8-18)19(20,21)22/h3-6,9-10H,2,7-8H2,1H3,(H,24,29)(H,25,26,27,28). The molecule has 0 saturated heterocycles. The molecule has 4 rings (SSSR count). The molecule has 1 aliphatic carbocycles. The van der Waals surface area contributed by atoms with E-state index in [0.717, 1.165) is 5.56 Å². The van der Waals surface area contributed by atoms with Gasteiger partial charge in [-0.2, -0.15) is 13.2 Å². The first-order chi connectivity index (χ1) is 14.3. The fourth-order valence-corrected chi connectivity index (χ4v) is 3.13. The Morgan fingerprint density at radius 3 is 2.60 bits per heavy atom. The molecule has 0 aliphatic heterocycles. The molecule has 0 atom stereocenters. The number of halogens is 3. The van der Waals surface area contributed by atoms with E-state index in [-0.39, 0.29) is 18.5 Å². The van der Waals surface area contributed by atoms with Gasteiger partial charge in [0.1, 0.15) is 5.41 Å². The lowest BCUT2D eigenvalue weighted by atomic mass is 9.99. The number of amides is 1. The minimum atomic E-state index is -4.58. The van der Waals surface area contributed by atoms with Gasteiger partial charge in [-0.15, -0.1) is 5.10 Å². The average molecular weight is 418 g/mol. The number of nitrogens with one attached hydrogen (secondary N) is 2. The quantitative estimate of drug-likeness (QED) is 0.634. The van der Waals surface area contributed by atoms with Crippen LogP contribution in [0.5, 0.6) is 5.88 Å². The first-order valence-corrected chi connectivity index (χ1v) is 9.19. The van der Waals surface area contributed by atoms with Crippen LogP contribution in [0.25, 0.3) is 22.5 Å². The molecular formula is C19H17F3N6O2. The van der Waals surface area contributed by atoms with E-state index in [1.807, 2.05) is 6.92 Å². The third-order valence-electron chi connectivity index (χ3n) is 4.94. The highest BCUT2D eigenvalue weighted by atomic mass is 19.4. The Balaban J connectivity index is 1.67. The van der Waals surface area contributed by atoms with Gasteiger partial charge in [0.15, 0.2) is 5.82 Å². The summed E-state index contributed by atoms with van der Waals surface area (Å²) >= 11 is 0. The molecule has 1 aromatic carbocycles. The van der Waals surface area contributed by atoms with Gasteiger partial charge in [0, 0.05) is 29.1 Å². The van der Waals surface area contributed by atoms with E-state index in [9.17, 15) is 18.0 Å². The summed E-state index contributed by atoms with van der Waals surface area (Å²) in [4.78, 5) is 16.5. The molecule has 2 heterocycles. The second-order valence-electron chi connectivity index (χ2n) is 6.86. The number of carbonyl (C=O) groups is 1. The second kappa shape index (κ2) is 7.39. The summed E-state index contributed by atoms with van der Waals surface area (Å²) in [6, 6.07) is 8.22. The smallest absolute Gasteiger partial charge is 0.403 e. The lowest BCUT2D eigenvalue weighted by Gasteiger charge is -2.19. The van der Waals surface area contributed by atoms with Crippen LogP contribution in [0.1, 0.15) is 19.8 Å². The first kappa shape index (κ1) is 19.8. The van der Waals surface area contributed by atoms with Crippen molar-refractivity contribution in [3.05, 3.63) is 36.5 Å². The Bertz CT molecular complexity index is 1050. The van der Waals surface area contributed by atoms with Crippen LogP contribution in [0.2, 0.25) is 0 Å². The molecule has 0 spiro atoms. The van der Waals surface area contributed by atoms with E-state index in [0.29, 0.717) is 29.4 Å². The van der Waals surface area contributed by atoms with Gasteiger partial charge < -0.3 is 10.1 Å². The normalized spacial score (nSPS) is 14.9. The summed E-state index contributed by atoms with van der Waals surface area (Å²) in [5, 5.41) is 16.0. The minimum absolute atomic E-state index is 0.211. The Morgan fingerprint density at radius 1 is 1.23 bits per heavy atom. The van der Waals surface area contributed by atoms with E-state index < -0.39 is 17.5 Å². The second-order valence-corrected chi connectivity index (χ2v) is 6.86. The van der Waals surface area contributed by atoms with Gasteiger partial charge in [0.05, 0.1) is 6.61 Å². The monoisotopic (exact) mass is 418 g/mol. The zero-order chi connectivity index (χ0) is 21.4. The van der Waals surface area contributed by atoms with Crippen LogP contribution in [-0.4, -0.2) is 44.3 Å². The van der Waals surface area contributed by atoms with Crippen molar-refractivity contribution < 1.29 is 22.7 Å². The molecule has 3 aromatic rings. The van der Waals surface area contributed by atoms with Gasteiger partial charge in [-0.3, -0.25) is 4.79 Å². The molecule has 11 heteroatoms. The summed E-state index contributed by atoms with van der Waals surface area (Å²) in [7, 11) is 0. The lowest BCUT2D eigenvalue weighted by molar-refractivity contribution is -0.189. The highest BCUT2D eigenvalue weighted by Crippen LogP contribution is 2.58. The summed E-state index contributed by atoms with van der Waals surface area (Å²) in [5.74, 6) is -0.297. The van der Waals surface area contributed by atoms with E-state index >= 15 is 0 Å². The largest absolute Gasteiger partial charge is 0.478 e. The number of alkyl halides is 3. The number of H-pyrrole nitrogens is 1. The maximum Gasteiger partial charge on any atom is 0.403 e. The summed E-state index contributed by atoms with van der Waals surface area (Å²) < 4.78 is 45.0. The molecule has 30 heavy (non-hydrogen) atoms. The molecule has 1 fully saturated rings. The molecule has 0 unspecified atom stereocenters. The Labute approximate surface area is 168 Å². The molecular weight excluding hydrogens is 401 g/mol. The SMILES string of the molecule is CCOc1ccc(-c2ccc(NC(=O)C3(C(F)(F)F)CC3)cc2-c2nnn[nH]2)cn1. The van der Waals surface area contributed by atoms with Crippen molar-refractivity contribution >= 4 is 11.6 Å². The van der Waals surface area contributed by atoms with Crippen molar-refractivity contribution in [3.8, 4) is 28.4 Å². The number of tetrazole rings is 1. The van der Waals surface area contributed by atoms with Gasteiger partial charge in [-0.1, -0.05) is 6.07 Å². The van der Waals surface area contributed by atoms with Crippen LogP contribution >= 0.6 is 0 Å². The van der Waals surface area contributed by atoms with Crippen LogP contribution in [0.15, 0.2) is 36.5 Å². The third kappa shape index (κ3) is 3.58. The van der Waals surface area contributed by atoms with Crippen molar-refractivity contribution in [2.24, 2.45) is 5.41 Å². The Kier molecular flexibility index (Phi) is 4.88. The third-order valence-corrected chi connectivity index (χ3v) is 4.94. The predicted octanol–water partition coefficient (Wildman–Crippen LogP) is 3.61. The molecule has 2 N–H and O–H groups in total. The topological polar surface area (TPSA) is 106 Å². The van der Waals surface area contributed by atoms with Gasteiger partial charge in [-0.25, -0.2) is 10.1 Å². The maximum atomic E-state index is 13.2. The summed E-state index contributed by atoms with van der Waals surface area (Å²) in [6.45, 7) is 2.33. The molecule has 2 aromatic heterocycles. The number of benzene rings is 1. The number of nitrogens with zero attached hydrogens (tertiary/aromatic N) is 4. The number of hydrogen-bond acceptors (Lipinski definition) is 6. The number of anilines is 1. The highest BCUT2D eigenvalue weighted by molar-refractivity contribution is 5.99. The molecule has 0 radical (unpaired) electrons. The number of rotatable bonds is 6. The minimum Gasteiger partial charge on any atom is -0.478 e. The van der Waals surface area contributed by atoms with Crippen molar-refractivity contribution in [2.45, 2.75) is 25.9 Å². The van der Waals surface area contributed by atoms with Crippen LogP contribution in [0, 0.1) is 5.41 Å². The van der Waals surface area contributed by atoms with Gasteiger partial charge in [0.25, 0.3) is 0 Å². The van der Waals surface area contributed by atoms with Crippen LogP contribution in [-0.2, 0) is 4.79 Å². The van der Waals surface area contributed by atoms with Crippen LogP contribution in [0.3, 0.4) is 0 Å². The Morgan fingerprint density at radius 2 is 2.03 bits per heavy atom. The van der Waals surface area contributed by atoms with Crippen molar-refractivity contribution in [2.75, 3.05) is 11.9 Å². The van der Waals surface area contributed by atoms with Crippen LogP contribution in [0.4, 0.5) is 18.9 Å². The fourth-order valence-electron chi connectivity index (χ4n) is 3.13. The van der Waals surface area contributed by atoms with Crippen molar-refractivity contribution in [3.63, 3.8) is 0 Å². The van der Waals surface area contributed by atoms with E-state index in [2.05, 4.69) is 30.9 Å². The number of hydrogen-bond donors (Lipinski definition) is 2. The van der Waals surface area contributed by atoms with Gasteiger partial charge >= 0.3 is 6.18 Å². The lowest BCUT2D eigenvalue weighted by Crippen LogP contribution is -2.36.